The molecule has 2 aromatic carbocycles. The van der Waals surface area contributed by atoms with Crippen LogP contribution in [0.1, 0.15) is 16.7 Å². The summed E-state index contributed by atoms with van der Waals surface area (Å²) < 4.78 is 10.5. The number of nitrogens with zero attached hydrogens (tertiary/aromatic N) is 1. The smallest absolute Gasteiger partial charge is 0.277 e. The van der Waals surface area contributed by atoms with E-state index in [2.05, 4.69) is 10.5 Å². The maximum absolute atomic E-state index is 11.7. The number of phenols is 1. The third-order valence-corrected chi connectivity index (χ3v) is 3.32. The van der Waals surface area contributed by atoms with Crippen LogP contribution in [0, 0.1) is 13.8 Å². The Hall–Kier alpha value is -3.02. The molecule has 0 spiro atoms. The number of hydrogen-bond donors (Lipinski definition) is 2. The molecule has 0 radical (unpaired) electrons. The molecule has 0 atom stereocenters. The second-order valence-electron chi connectivity index (χ2n) is 5.28. The van der Waals surface area contributed by atoms with Crippen LogP contribution in [0.5, 0.6) is 17.2 Å². The van der Waals surface area contributed by atoms with Crippen LogP contribution in [0.4, 0.5) is 0 Å². The minimum atomic E-state index is -0.390. The number of phenolic OH excluding ortho intramolecular Hbond substituents is 1. The number of rotatable bonds is 6. The number of methoxy groups -OCH3 is 1. The number of hydrazone groups is 1. The molecule has 0 bridgehead atoms. The first kappa shape index (κ1) is 17.3. The van der Waals surface area contributed by atoms with E-state index in [1.165, 1.54) is 19.4 Å². The summed E-state index contributed by atoms with van der Waals surface area (Å²) in [5.41, 5.74) is 4.92. The van der Waals surface area contributed by atoms with Crippen LogP contribution in [0.15, 0.2) is 41.5 Å². The molecule has 0 aliphatic carbocycles. The molecule has 2 aromatic rings. The second kappa shape index (κ2) is 8.01. The molecule has 2 N–H and O–H groups in total. The summed E-state index contributed by atoms with van der Waals surface area (Å²) in [6.07, 6.45) is 1.35. The van der Waals surface area contributed by atoms with Crippen LogP contribution in [-0.2, 0) is 4.79 Å². The normalized spacial score (nSPS) is 10.6. The van der Waals surface area contributed by atoms with Crippen molar-refractivity contribution >= 4 is 12.1 Å². The van der Waals surface area contributed by atoms with Crippen LogP contribution < -0.4 is 14.9 Å². The van der Waals surface area contributed by atoms with Gasteiger partial charge in [-0.05, 0) is 37.6 Å². The fourth-order valence-electron chi connectivity index (χ4n) is 2.07. The van der Waals surface area contributed by atoms with Crippen molar-refractivity contribution in [3.63, 3.8) is 0 Å². The highest BCUT2D eigenvalue weighted by Gasteiger charge is 2.05. The van der Waals surface area contributed by atoms with E-state index in [1.807, 2.05) is 32.0 Å². The molecular weight excluding hydrogens is 308 g/mol. The number of nitrogens with one attached hydrogen (secondary N) is 1. The van der Waals surface area contributed by atoms with Gasteiger partial charge in [0.1, 0.15) is 17.2 Å². The van der Waals surface area contributed by atoms with E-state index in [1.54, 1.807) is 12.1 Å². The van der Waals surface area contributed by atoms with E-state index in [9.17, 15) is 9.90 Å². The number of carbonyl (C=O) groups excluding carboxylic acids is 1. The summed E-state index contributed by atoms with van der Waals surface area (Å²) in [5, 5.41) is 13.6. The summed E-state index contributed by atoms with van der Waals surface area (Å²) >= 11 is 0. The number of hydrogen-bond acceptors (Lipinski definition) is 5. The fraction of sp³-hybridized carbons (Fsp3) is 0.222. The van der Waals surface area contributed by atoms with Gasteiger partial charge in [-0.3, -0.25) is 4.79 Å². The van der Waals surface area contributed by atoms with Gasteiger partial charge in [-0.1, -0.05) is 17.7 Å². The maximum atomic E-state index is 11.7. The minimum Gasteiger partial charge on any atom is -0.507 e. The van der Waals surface area contributed by atoms with E-state index in [4.69, 9.17) is 9.47 Å². The Balaban J connectivity index is 1.86. The van der Waals surface area contributed by atoms with Gasteiger partial charge in [-0.15, -0.1) is 0 Å². The molecule has 24 heavy (non-hydrogen) atoms. The lowest BCUT2D eigenvalue weighted by atomic mass is 10.1. The number of aromatic hydroxyl groups is 1. The lowest BCUT2D eigenvalue weighted by Crippen LogP contribution is -2.24. The Morgan fingerprint density at radius 1 is 1.25 bits per heavy atom. The van der Waals surface area contributed by atoms with Crippen LogP contribution >= 0.6 is 0 Å². The van der Waals surface area contributed by atoms with Gasteiger partial charge < -0.3 is 14.6 Å². The Morgan fingerprint density at radius 2 is 2.04 bits per heavy atom. The van der Waals surface area contributed by atoms with Crippen LogP contribution in [0.25, 0.3) is 0 Å². The lowest BCUT2D eigenvalue weighted by Gasteiger charge is -2.08. The zero-order valence-electron chi connectivity index (χ0n) is 13.9. The highest BCUT2D eigenvalue weighted by molar-refractivity contribution is 5.85. The number of carbonyl (C=O) groups is 1. The Morgan fingerprint density at radius 3 is 2.71 bits per heavy atom. The van der Waals surface area contributed by atoms with Crippen molar-refractivity contribution in [2.75, 3.05) is 13.7 Å². The second-order valence-corrected chi connectivity index (χ2v) is 5.28. The van der Waals surface area contributed by atoms with Gasteiger partial charge in [0.2, 0.25) is 0 Å². The number of ether oxygens (including phenoxy) is 2. The van der Waals surface area contributed by atoms with Crippen LogP contribution in [0.2, 0.25) is 0 Å². The quantitative estimate of drug-likeness (QED) is 0.631. The number of aryl methyl sites for hydroxylation is 2. The predicted molar refractivity (Wildman–Crippen MR) is 91.8 cm³/mol. The first-order chi connectivity index (χ1) is 11.5. The van der Waals surface area contributed by atoms with Gasteiger partial charge in [0.25, 0.3) is 5.91 Å². The zero-order valence-corrected chi connectivity index (χ0v) is 13.9. The summed E-state index contributed by atoms with van der Waals surface area (Å²) in [6.45, 7) is 3.77. The molecule has 0 aliphatic heterocycles. The molecule has 0 saturated carbocycles. The number of amides is 1. The average Bonchev–Trinajstić information content (AvgIpc) is 2.55. The first-order valence-electron chi connectivity index (χ1n) is 7.38. The molecule has 1 amide bonds. The van der Waals surface area contributed by atoms with Crippen molar-refractivity contribution in [3.8, 4) is 17.2 Å². The number of benzene rings is 2. The Labute approximate surface area is 140 Å². The van der Waals surface area contributed by atoms with Gasteiger partial charge in [-0.25, -0.2) is 5.43 Å². The third-order valence-electron chi connectivity index (χ3n) is 3.32. The van der Waals surface area contributed by atoms with Gasteiger partial charge >= 0.3 is 0 Å². The fourth-order valence-corrected chi connectivity index (χ4v) is 2.07. The SMILES string of the molecule is COc1ccc(C=NNC(=O)COc2ccc(C)cc2C)c(O)c1. The van der Waals surface area contributed by atoms with Gasteiger partial charge in [-0.2, -0.15) is 5.10 Å². The van der Waals surface area contributed by atoms with Crippen molar-refractivity contribution in [3.05, 3.63) is 53.1 Å². The molecule has 0 aromatic heterocycles. The summed E-state index contributed by atoms with van der Waals surface area (Å²) in [5.74, 6) is 0.821. The topological polar surface area (TPSA) is 80.2 Å². The summed E-state index contributed by atoms with van der Waals surface area (Å²) in [4.78, 5) is 11.7. The summed E-state index contributed by atoms with van der Waals surface area (Å²) in [6, 6.07) is 10.5. The standard InChI is InChI=1S/C18H20N2O4/c1-12-4-7-17(13(2)8-12)24-11-18(22)20-19-10-14-5-6-15(23-3)9-16(14)21/h4-10,21H,11H2,1-3H3,(H,20,22). The van der Waals surface area contributed by atoms with E-state index in [0.717, 1.165) is 11.1 Å². The van der Waals surface area contributed by atoms with Crippen molar-refractivity contribution in [2.45, 2.75) is 13.8 Å². The first-order valence-corrected chi connectivity index (χ1v) is 7.38. The van der Waals surface area contributed by atoms with Crippen molar-refractivity contribution in [1.82, 2.24) is 5.43 Å². The summed E-state index contributed by atoms with van der Waals surface area (Å²) in [7, 11) is 1.51. The molecule has 126 valence electrons. The van der Waals surface area contributed by atoms with Crippen molar-refractivity contribution in [1.29, 1.82) is 0 Å². The molecule has 2 rings (SSSR count). The van der Waals surface area contributed by atoms with Crippen molar-refractivity contribution < 1.29 is 19.4 Å². The maximum Gasteiger partial charge on any atom is 0.277 e. The molecule has 6 nitrogen and oxygen atoms in total. The van der Waals surface area contributed by atoms with Crippen molar-refractivity contribution in [2.24, 2.45) is 5.10 Å². The molecule has 6 heteroatoms. The molecular formula is C18H20N2O4. The van der Waals surface area contributed by atoms with Crippen LogP contribution in [0.3, 0.4) is 0 Å². The predicted octanol–water partition coefficient (Wildman–Crippen LogP) is 2.55. The largest absolute Gasteiger partial charge is 0.507 e. The Kier molecular flexibility index (Phi) is 5.78. The minimum absolute atomic E-state index is 0.0129. The van der Waals surface area contributed by atoms with E-state index in [-0.39, 0.29) is 18.3 Å². The lowest BCUT2D eigenvalue weighted by molar-refractivity contribution is -0.123. The average molecular weight is 328 g/mol. The van der Waals surface area contributed by atoms with Crippen LogP contribution in [-0.4, -0.2) is 30.9 Å². The molecule has 0 fully saturated rings. The Bertz CT molecular complexity index is 757. The van der Waals surface area contributed by atoms with E-state index < -0.39 is 0 Å². The third kappa shape index (κ3) is 4.74. The van der Waals surface area contributed by atoms with Gasteiger partial charge in [0.05, 0.1) is 13.3 Å². The molecule has 0 aliphatic rings. The molecule has 0 saturated heterocycles. The molecule has 0 heterocycles. The zero-order chi connectivity index (χ0) is 17.5. The van der Waals surface area contributed by atoms with Gasteiger partial charge in [0.15, 0.2) is 6.61 Å². The monoisotopic (exact) mass is 328 g/mol. The van der Waals surface area contributed by atoms with E-state index in [0.29, 0.717) is 17.1 Å². The highest BCUT2D eigenvalue weighted by atomic mass is 16.5. The molecule has 0 unspecified atom stereocenters. The van der Waals surface area contributed by atoms with Gasteiger partial charge in [0, 0.05) is 11.6 Å². The van der Waals surface area contributed by atoms with E-state index >= 15 is 0 Å². The highest BCUT2D eigenvalue weighted by Crippen LogP contribution is 2.21.